The Kier molecular flexibility index (Phi) is 2.91. The third kappa shape index (κ3) is 2.12. The van der Waals surface area contributed by atoms with Crippen molar-refractivity contribution in [3.05, 3.63) is 24.0 Å². The van der Waals surface area contributed by atoms with Crippen LogP contribution < -0.4 is 4.74 Å². The van der Waals surface area contributed by atoms with Crippen molar-refractivity contribution in [2.75, 3.05) is 7.11 Å². The molecule has 15 heavy (non-hydrogen) atoms. The van der Waals surface area contributed by atoms with Crippen molar-refractivity contribution < 1.29 is 9.84 Å². The van der Waals surface area contributed by atoms with E-state index in [1.807, 2.05) is 12.1 Å². The Bertz CT molecular complexity index is 336. The fourth-order valence-electron chi connectivity index (χ4n) is 1.93. The smallest absolute Gasteiger partial charge is 0.143 e. The van der Waals surface area contributed by atoms with Crippen molar-refractivity contribution >= 4 is 0 Å². The van der Waals surface area contributed by atoms with Gasteiger partial charge in [-0.2, -0.15) is 0 Å². The van der Waals surface area contributed by atoms with E-state index in [1.165, 1.54) is 12.8 Å². The van der Waals surface area contributed by atoms with E-state index >= 15 is 0 Å². The Morgan fingerprint density at radius 1 is 1.53 bits per heavy atom. The second-order valence-electron chi connectivity index (χ2n) is 4.23. The van der Waals surface area contributed by atoms with Crippen molar-refractivity contribution in [2.24, 2.45) is 11.8 Å². The third-order valence-corrected chi connectivity index (χ3v) is 3.16. The number of nitrogens with zero attached hydrogens (tertiary/aromatic N) is 1. The first-order chi connectivity index (χ1) is 7.24. The maximum atomic E-state index is 10.2. The van der Waals surface area contributed by atoms with Crippen LogP contribution in [0.2, 0.25) is 0 Å². The van der Waals surface area contributed by atoms with Crippen LogP contribution in [0.15, 0.2) is 18.3 Å². The molecule has 1 aromatic rings. The average molecular weight is 207 g/mol. The van der Waals surface area contributed by atoms with E-state index in [2.05, 4.69) is 11.9 Å². The molecule has 2 rings (SSSR count). The molecule has 3 nitrogen and oxygen atoms in total. The van der Waals surface area contributed by atoms with Crippen molar-refractivity contribution in [3.8, 4) is 5.75 Å². The van der Waals surface area contributed by atoms with Crippen LogP contribution in [0.4, 0.5) is 0 Å². The Morgan fingerprint density at radius 3 is 2.87 bits per heavy atom. The molecule has 1 aliphatic carbocycles. The molecular formula is C12H17NO2. The highest BCUT2D eigenvalue weighted by molar-refractivity contribution is 5.29. The van der Waals surface area contributed by atoms with Gasteiger partial charge in [0.15, 0.2) is 0 Å². The van der Waals surface area contributed by atoms with Gasteiger partial charge in [-0.05, 0) is 36.8 Å². The van der Waals surface area contributed by atoms with Crippen molar-refractivity contribution in [3.63, 3.8) is 0 Å². The Labute approximate surface area is 90.1 Å². The summed E-state index contributed by atoms with van der Waals surface area (Å²) in [5, 5.41) is 10.2. The first-order valence-corrected chi connectivity index (χ1v) is 5.41. The van der Waals surface area contributed by atoms with Gasteiger partial charge in [0, 0.05) is 6.20 Å². The summed E-state index contributed by atoms with van der Waals surface area (Å²) in [5.74, 6) is 1.61. The van der Waals surface area contributed by atoms with Gasteiger partial charge < -0.3 is 9.84 Å². The van der Waals surface area contributed by atoms with Gasteiger partial charge in [0.2, 0.25) is 0 Å². The second kappa shape index (κ2) is 4.19. The molecule has 0 aromatic carbocycles. The maximum absolute atomic E-state index is 10.2. The van der Waals surface area contributed by atoms with Crippen LogP contribution in [0.3, 0.4) is 0 Å². The molecular weight excluding hydrogens is 190 g/mol. The van der Waals surface area contributed by atoms with Crippen LogP contribution in [0.25, 0.3) is 0 Å². The highest BCUT2D eigenvalue weighted by atomic mass is 16.5. The standard InChI is InChI=1S/C12H17NO2/c1-8(9-5-6-9)12(14)11-10(15-2)4-3-7-13-11/h3-4,7-9,12,14H,5-6H2,1-2H3. The van der Waals surface area contributed by atoms with E-state index in [0.717, 1.165) is 0 Å². The SMILES string of the molecule is COc1cccnc1C(O)C(C)C1CC1. The highest BCUT2D eigenvalue weighted by Gasteiger charge is 2.34. The summed E-state index contributed by atoms with van der Waals surface area (Å²) < 4.78 is 5.19. The van der Waals surface area contributed by atoms with E-state index in [9.17, 15) is 5.11 Å². The third-order valence-electron chi connectivity index (χ3n) is 3.16. The summed E-state index contributed by atoms with van der Waals surface area (Å²) in [6.45, 7) is 2.08. The fraction of sp³-hybridized carbons (Fsp3) is 0.583. The molecule has 2 atom stereocenters. The predicted molar refractivity (Wildman–Crippen MR) is 57.6 cm³/mol. The summed E-state index contributed by atoms with van der Waals surface area (Å²) in [6, 6.07) is 3.65. The van der Waals surface area contributed by atoms with Crippen molar-refractivity contribution in [1.29, 1.82) is 0 Å². The average Bonchev–Trinajstić information content (AvgIpc) is 3.11. The van der Waals surface area contributed by atoms with Crippen LogP contribution in [0.1, 0.15) is 31.6 Å². The van der Waals surface area contributed by atoms with Crippen molar-refractivity contribution in [2.45, 2.75) is 25.9 Å². The molecule has 0 radical (unpaired) electrons. The van der Waals surface area contributed by atoms with Crippen LogP contribution >= 0.6 is 0 Å². The van der Waals surface area contributed by atoms with E-state index in [-0.39, 0.29) is 5.92 Å². The molecule has 0 spiro atoms. The molecule has 1 fully saturated rings. The number of aromatic nitrogens is 1. The van der Waals surface area contributed by atoms with Gasteiger partial charge in [0.05, 0.1) is 7.11 Å². The number of aliphatic hydroxyl groups is 1. The lowest BCUT2D eigenvalue weighted by atomic mass is 9.96. The first kappa shape index (κ1) is 10.4. The number of rotatable bonds is 4. The number of aliphatic hydroxyl groups excluding tert-OH is 1. The van der Waals surface area contributed by atoms with Crippen LogP contribution in [0.5, 0.6) is 5.75 Å². The van der Waals surface area contributed by atoms with E-state index < -0.39 is 6.10 Å². The summed E-state index contributed by atoms with van der Waals surface area (Å²) in [7, 11) is 1.61. The Morgan fingerprint density at radius 2 is 2.27 bits per heavy atom. The largest absolute Gasteiger partial charge is 0.495 e. The summed E-state index contributed by atoms with van der Waals surface area (Å²) in [5.41, 5.74) is 0.666. The molecule has 0 amide bonds. The van der Waals surface area contributed by atoms with Crippen LogP contribution in [-0.4, -0.2) is 17.2 Å². The topological polar surface area (TPSA) is 42.4 Å². The zero-order valence-electron chi connectivity index (χ0n) is 9.18. The van der Waals surface area contributed by atoms with Gasteiger partial charge in [-0.15, -0.1) is 0 Å². The van der Waals surface area contributed by atoms with Gasteiger partial charge in [-0.1, -0.05) is 6.92 Å². The lowest BCUT2D eigenvalue weighted by Gasteiger charge is -2.19. The number of ether oxygens (including phenoxy) is 1. The molecule has 1 saturated carbocycles. The molecule has 3 heteroatoms. The van der Waals surface area contributed by atoms with Crippen LogP contribution in [-0.2, 0) is 0 Å². The lowest BCUT2D eigenvalue weighted by Crippen LogP contribution is -2.13. The molecule has 1 aliphatic rings. The molecule has 1 aromatic heterocycles. The lowest BCUT2D eigenvalue weighted by molar-refractivity contribution is 0.0985. The summed E-state index contributed by atoms with van der Waals surface area (Å²) >= 11 is 0. The number of hydrogen-bond acceptors (Lipinski definition) is 3. The molecule has 2 unspecified atom stereocenters. The minimum atomic E-state index is -0.506. The van der Waals surface area contributed by atoms with Gasteiger partial charge in [0.25, 0.3) is 0 Å². The van der Waals surface area contributed by atoms with Crippen molar-refractivity contribution in [1.82, 2.24) is 4.98 Å². The number of pyridine rings is 1. The number of methoxy groups -OCH3 is 1. The number of hydrogen-bond donors (Lipinski definition) is 1. The molecule has 82 valence electrons. The van der Waals surface area contributed by atoms with Crippen LogP contribution in [0, 0.1) is 11.8 Å². The summed E-state index contributed by atoms with van der Waals surface area (Å²) in [6.07, 6.45) is 3.65. The molecule has 0 aliphatic heterocycles. The zero-order valence-corrected chi connectivity index (χ0v) is 9.18. The minimum Gasteiger partial charge on any atom is -0.495 e. The molecule has 0 saturated heterocycles. The maximum Gasteiger partial charge on any atom is 0.143 e. The second-order valence-corrected chi connectivity index (χ2v) is 4.23. The van der Waals surface area contributed by atoms with Gasteiger partial charge in [0.1, 0.15) is 17.5 Å². The van der Waals surface area contributed by atoms with Gasteiger partial charge in [-0.25, -0.2) is 0 Å². The zero-order chi connectivity index (χ0) is 10.8. The Balaban J connectivity index is 2.19. The van der Waals surface area contributed by atoms with E-state index in [1.54, 1.807) is 13.3 Å². The fourth-order valence-corrected chi connectivity index (χ4v) is 1.93. The predicted octanol–water partition coefficient (Wildman–Crippen LogP) is 2.17. The first-order valence-electron chi connectivity index (χ1n) is 5.41. The highest BCUT2D eigenvalue weighted by Crippen LogP contribution is 2.43. The van der Waals surface area contributed by atoms with Gasteiger partial charge >= 0.3 is 0 Å². The molecule has 1 heterocycles. The van der Waals surface area contributed by atoms with Gasteiger partial charge in [-0.3, -0.25) is 4.98 Å². The minimum absolute atomic E-state index is 0.272. The monoisotopic (exact) mass is 207 g/mol. The molecule has 0 bridgehead atoms. The van der Waals surface area contributed by atoms with E-state index in [0.29, 0.717) is 17.4 Å². The quantitative estimate of drug-likeness (QED) is 0.822. The Hall–Kier alpha value is -1.09. The summed E-state index contributed by atoms with van der Waals surface area (Å²) in [4.78, 5) is 4.21. The molecule has 1 N–H and O–H groups in total. The normalized spacial score (nSPS) is 19.7. The van der Waals surface area contributed by atoms with E-state index in [4.69, 9.17) is 4.74 Å².